The molecule has 0 bridgehead atoms. The van der Waals surface area contributed by atoms with Crippen LogP contribution in [0, 0.1) is 12.8 Å². The molecule has 0 aliphatic carbocycles. The Morgan fingerprint density at radius 2 is 2.00 bits per heavy atom. The van der Waals surface area contributed by atoms with Crippen LogP contribution in [0.25, 0.3) is 10.9 Å². The SMILES string of the molecule is Cc1cc(N2CCC(N3CC(CF)CC3=O)CC2)nc2ccccc12. The molecule has 2 aliphatic rings. The van der Waals surface area contributed by atoms with Crippen molar-refractivity contribution in [2.45, 2.75) is 32.2 Å². The van der Waals surface area contributed by atoms with Gasteiger partial charge in [0.2, 0.25) is 5.91 Å². The van der Waals surface area contributed by atoms with Gasteiger partial charge in [0.1, 0.15) is 5.82 Å². The van der Waals surface area contributed by atoms with Gasteiger partial charge in [-0.1, -0.05) is 18.2 Å². The molecule has 0 radical (unpaired) electrons. The summed E-state index contributed by atoms with van der Waals surface area (Å²) >= 11 is 0. The molecule has 1 unspecified atom stereocenters. The Morgan fingerprint density at radius 3 is 2.72 bits per heavy atom. The van der Waals surface area contributed by atoms with Gasteiger partial charge in [0, 0.05) is 43.4 Å². The van der Waals surface area contributed by atoms with Crippen molar-refractivity contribution in [2.75, 3.05) is 31.2 Å². The van der Waals surface area contributed by atoms with E-state index >= 15 is 0 Å². The number of benzene rings is 1. The van der Waals surface area contributed by atoms with Crippen LogP contribution in [0.4, 0.5) is 10.2 Å². The molecule has 5 heteroatoms. The first-order valence-corrected chi connectivity index (χ1v) is 9.12. The van der Waals surface area contributed by atoms with Crippen molar-refractivity contribution in [3.63, 3.8) is 0 Å². The smallest absolute Gasteiger partial charge is 0.223 e. The zero-order chi connectivity index (χ0) is 17.4. The van der Waals surface area contributed by atoms with Crippen LogP contribution in [-0.4, -0.2) is 48.1 Å². The molecule has 2 saturated heterocycles. The van der Waals surface area contributed by atoms with E-state index < -0.39 is 0 Å². The molecule has 1 aromatic heterocycles. The zero-order valence-corrected chi connectivity index (χ0v) is 14.6. The maximum absolute atomic E-state index is 12.9. The van der Waals surface area contributed by atoms with E-state index in [-0.39, 0.29) is 24.5 Å². The van der Waals surface area contributed by atoms with Gasteiger partial charge < -0.3 is 9.80 Å². The number of carbonyl (C=O) groups excluding carboxylic acids is 1. The number of amides is 1. The van der Waals surface area contributed by atoms with Gasteiger partial charge >= 0.3 is 0 Å². The Hall–Kier alpha value is -2.17. The third-order valence-corrected chi connectivity index (χ3v) is 5.60. The van der Waals surface area contributed by atoms with E-state index in [9.17, 15) is 9.18 Å². The number of rotatable bonds is 3. The minimum absolute atomic E-state index is 0.102. The van der Waals surface area contributed by atoms with E-state index in [2.05, 4.69) is 30.0 Å². The highest BCUT2D eigenvalue weighted by Crippen LogP contribution is 2.29. The number of carbonyl (C=O) groups is 1. The van der Waals surface area contributed by atoms with Gasteiger partial charge in [0.15, 0.2) is 0 Å². The number of nitrogens with zero attached hydrogens (tertiary/aromatic N) is 3. The average molecular weight is 341 g/mol. The molecular formula is C20H24FN3O. The summed E-state index contributed by atoms with van der Waals surface area (Å²) in [6.07, 6.45) is 2.23. The molecule has 1 aromatic carbocycles. The van der Waals surface area contributed by atoms with Gasteiger partial charge in [-0.3, -0.25) is 9.18 Å². The Balaban J connectivity index is 1.46. The van der Waals surface area contributed by atoms with Crippen LogP contribution in [-0.2, 0) is 4.79 Å². The number of pyridine rings is 1. The fourth-order valence-electron chi connectivity index (χ4n) is 4.17. The van der Waals surface area contributed by atoms with Gasteiger partial charge in [-0.2, -0.15) is 0 Å². The number of aryl methyl sites for hydroxylation is 1. The number of anilines is 1. The second kappa shape index (κ2) is 6.62. The lowest BCUT2D eigenvalue weighted by Gasteiger charge is -2.37. The highest BCUT2D eigenvalue weighted by molar-refractivity contribution is 5.84. The minimum Gasteiger partial charge on any atom is -0.356 e. The largest absolute Gasteiger partial charge is 0.356 e. The van der Waals surface area contributed by atoms with Crippen molar-refractivity contribution >= 4 is 22.6 Å². The van der Waals surface area contributed by atoms with Gasteiger partial charge in [0.25, 0.3) is 0 Å². The van der Waals surface area contributed by atoms with Crippen LogP contribution in [0.1, 0.15) is 24.8 Å². The molecule has 2 fully saturated rings. The van der Waals surface area contributed by atoms with Gasteiger partial charge in [-0.15, -0.1) is 0 Å². The average Bonchev–Trinajstić information content (AvgIpc) is 3.03. The molecular weight excluding hydrogens is 317 g/mol. The maximum atomic E-state index is 12.9. The fraction of sp³-hybridized carbons (Fsp3) is 0.500. The molecule has 1 amide bonds. The summed E-state index contributed by atoms with van der Waals surface area (Å²) in [5, 5.41) is 1.20. The lowest BCUT2D eigenvalue weighted by Crippen LogP contribution is -2.45. The summed E-state index contributed by atoms with van der Waals surface area (Å²) in [5.41, 5.74) is 2.27. The van der Waals surface area contributed by atoms with Crippen molar-refractivity contribution in [1.82, 2.24) is 9.88 Å². The maximum Gasteiger partial charge on any atom is 0.223 e. The topological polar surface area (TPSA) is 36.4 Å². The van der Waals surface area contributed by atoms with E-state index in [1.54, 1.807) is 0 Å². The first kappa shape index (κ1) is 16.3. The van der Waals surface area contributed by atoms with Gasteiger partial charge in [-0.05, 0) is 37.5 Å². The summed E-state index contributed by atoms with van der Waals surface area (Å²) in [4.78, 5) is 21.2. The normalized spacial score (nSPS) is 22.2. The number of piperidine rings is 1. The van der Waals surface area contributed by atoms with Crippen LogP contribution in [0.5, 0.6) is 0 Å². The van der Waals surface area contributed by atoms with Crippen molar-refractivity contribution in [3.05, 3.63) is 35.9 Å². The zero-order valence-electron chi connectivity index (χ0n) is 14.6. The van der Waals surface area contributed by atoms with Crippen LogP contribution in [0.3, 0.4) is 0 Å². The van der Waals surface area contributed by atoms with Crippen LogP contribution >= 0.6 is 0 Å². The second-order valence-electron chi connectivity index (χ2n) is 7.30. The molecule has 0 N–H and O–H groups in total. The predicted molar refractivity (Wildman–Crippen MR) is 97.5 cm³/mol. The fourth-order valence-corrected chi connectivity index (χ4v) is 4.17. The molecule has 0 saturated carbocycles. The number of fused-ring (bicyclic) bond motifs is 1. The monoisotopic (exact) mass is 341 g/mol. The Bertz CT molecular complexity index is 786. The van der Waals surface area contributed by atoms with E-state index in [0.29, 0.717) is 13.0 Å². The Kier molecular flexibility index (Phi) is 4.32. The summed E-state index contributed by atoms with van der Waals surface area (Å²) in [5.74, 6) is 1.04. The quantitative estimate of drug-likeness (QED) is 0.859. The first-order valence-electron chi connectivity index (χ1n) is 9.12. The predicted octanol–water partition coefficient (Wildman–Crippen LogP) is 3.33. The third-order valence-electron chi connectivity index (χ3n) is 5.60. The van der Waals surface area contributed by atoms with Crippen molar-refractivity contribution in [3.8, 4) is 0 Å². The number of likely N-dealkylation sites (tertiary alicyclic amines) is 1. The number of para-hydroxylation sites is 1. The van der Waals surface area contributed by atoms with Crippen molar-refractivity contribution < 1.29 is 9.18 Å². The number of halogens is 1. The standard InChI is InChI=1S/C20H24FN3O/c1-14-10-19(22-18-5-3-2-4-17(14)18)23-8-6-16(7-9-23)24-13-15(12-21)11-20(24)25/h2-5,10,15-16H,6-9,11-13H2,1H3. The summed E-state index contributed by atoms with van der Waals surface area (Å²) in [6, 6.07) is 10.6. The molecule has 2 aliphatic heterocycles. The minimum atomic E-state index is -0.388. The van der Waals surface area contributed by atoms with E-state index in [1.165, 1.54) is 10.9 Å². The Morgan fingerprint density at radius 1 is 1.24 bits per heavy atom. The lowest BCUT2D eigenvalue weighted by molar-refractivity contribution is -0.130. The van der Waals surface area contributed by atoms with Crippen molar-refractivity contribution in [1.29, 1.82) is 0 Å². The molecule has 25 heavy (non-hydrogen) atoms. The second-order valence-corrected chi connectivity index (χ2v) is 7.30. The number of hydrogen-bond acceptors (Lipinski definition) is 3. The van der Waals surface area contributed by atoms with Gasteiger partial charge in [-0.25, -0.2) is 4.98 Å². The third kappa shape index (κ3) is 3.08. The number of alkyl halides is 1. The first-order chi connectivity index (χ1) is 12.2. The van der Waals surface area contributed by atoms with Crippen LogP contribution in [0.15, 0.2) is 30.3 Å². The van der Waals surface area contributed by atoms with E-state index in [4.69, 9.17) is 4.98 Å². The molecule has 2 aromatic rings. The molecule has 3 heterocycles. The number of hydrogen-bond donors (Lipinski definition) is 0. The highest BCUT2D eigenvalue weighted by Gasteiger charge is 2.35. The van der Waals surface area contributed by atoms with Crippen LogP contribution < -0.4 is 4.90 Å². The van der Waals surface area contributed by atoms with Gasteiger partial charge in [0.05, 0.1) is 12.2 Å². The van der Waals surface area contributed by atoms with E-state index in [1.807, 2.05) is 17.0 Å². The summed E-state index contributed by atoms with van der Waals surface area (Å²) < 4.78 is 12.9. The number of aromatic nitrogens is 1. The molecule has 132 valence electrons. The highest BCUT2D eigenvalue weighted by atomic mass is 19.1. The molecule has 4 rings (SSSR count). The van der Waals surface area contributed by atoms with Crippen LogP contribution in [0.2, 0.25) is 0 Å². The summed E-state index contributed by atoms with van der Waals surface area (Å²) in [6.45, 7) is 4.11. The van der Waals surface area contributed by atoms with Crippen molar-refractivity contribution in [2.24, 2.45) is 5.92 Å². The molecule has 0 spiro atoms. The lowest BCUT2D eigenvalue weighted by atomic mass is 10.0. The summed E-state index contributed by atoms with van der Waals surface area (Å²) in [7, 11) is 0. The Labute approximate surface area is 147 Å². The van der Waals surface area contributed by atoms with E-state index in [0.717, 1.165) is 37.3 Å². The molecule has 4 nitrogen and oxygen atoms in total. The molecule has 1 atom stereocenters.